The van der Waals surface area contributed by atoms with E-state index in [1.165, 1.54) is 22.3 Å². The van der Waals surface area contributed by atoms with E-state index < -0.39 is 0 Å². The third-order valence-electron chi connectivity index (χ3n) is 2.62. The lowest BCUT2D eigenvalue weighted by Crippen LogP contribution is -2.12. The molecule has 2 aromatic heterocycles. The average molecular weight is 429 g/mol. The van der Waals surface area contributed by atoms with Crippen LogP contribution in [0.5, 0.6) is 0 Å². The zero-order chi connectivity index (χ0) is 14.8. The standard InChI is InChI=1S/C12H7Br2N5OS/c13-7-5-10(21-11(7)14)12(20)16-8-3-1-2-4-9(8)19-6-15-17-18-19/h1-6H,(H,16,20). The number of tetrazole rings is 1. The Hall–Kier alpha value is -1.58. The molecule has 0 aliphatic rings. The number of carbonyl (C=O) groups excluding carboxylic acids is 1. The lowest BCUT2D eigenvalue weighted by molar-refractivity contribution is 0.103. The molecule has 0 radical (unpaired) electrons. The van der Waals surface area contributed by atoms with Crippen LogP contribution in [0.4, 0.5) is 5.69 Å². The normalized spacial score (nSPS) is 10.6. The van der Waals surface area contributed by atoms with Gasteiger partial charge in [0, 0.05) is 4.47 Å². The van der Waals surface area contributed by atoms with E-state index in [0.29, 0.717) is 16.3 Å². The molecule has 1 N–H and O–H groups in total. The average Bonchev–Trinajstić information content (AvgIpc) is 3.10. The monoisotopic (exact) mass is 427 g/mol. The van der Waals surface area contributed by atoms with Gasteiger partial charge in [-0.05, 0) is 60.5 Å². The molecule has 2 heterocycles. The molecular formula is C12H7Br2N5OS. The van der Waals surface area contributed by atoms with Gasteiger partial charge in [-0.25, -0.2) is 0 Å². The van der Waals surface area contributed by atoms with Crippen LogP contribution >= 0.6 is 43.2 Å². The van der Waals surface area contributed by atoms with E-state index >= 15 is 0 Å². The Labute approximate surface area is 140 Å². The highest BCUT2D eigenvalue weighted by atomic mass is 79.9. The molecule has 3 rings (SSSR count). The molecule has 3 aromatic rings. The molecule has 0 unspecified atom stereocenters. The number of nitrogens with one attached hydrogen (secondary N) is 1. The van der Waals surface area contributed by atoms with Crippen molar-refractivity contribution in [2.24, 2.45) is 0 Å². The highest BCUT2D eigenvalue weighted by molar-refractivity contribution is 9.13. The predicted octanol–water partition coefficient (Wildman–Crippen LogP) is 3.50. The number of aromatic nitrogens is 4. The number of rotatable bonds is 3. The summed E-state index contributed by atoms with van der Waals surface area (Å²) in [7, 11) is 0. The minimum absolute atomic E-state index is 0.188. The highest BCUT2D eigenvalue weighted by Gasteiger charge is 2.14. The number of para-hydroxylation sites is 2. The second kappa shape index (κ2) is 6.04. The van der Waals surface area contributed by atoms with Crippen molar-refractivity contribution in [1.82, 2.24) is 20.2 Å². The summed E-state index contributed by atoms with van der Waals surface area (Å²) in [5, 5.41) is 13.9. The molecule has 21 heavy (non-hydrogen) atoms. The predicted molar refractivity (Wildman–Crippen MR) is 86.8 cm³/mol. The molecule has 106 valence electrons. The van der Waals surface area contributed by atoms with Crippen LogP contribution in [0, 0.1) is 0 Å². The van der Waals surface area contributed by atoms with E-state index in [4.69, 9.17) is 0 Å². The van der Waals surface area contributed by atoms with Crippen LogP contribution in [0.25, 0.3) is 5.69 Å². The van der Waals surface area contributed by atoms with Crippen LogP contribution < -0.4 is 5.32 Å². The molecule has 1 amide bonds. The fraction of sp³-hybridized carbons (Fsp3) is 0. The van der Waals surface area contributed by atoms with E-state index in [1.54, 1.807) is 12.1 Å². The number of amides is 1. The van der Waals surface area contributed by atoms with Gasteiger partial charge in [0.05, 0.1) is 20.0 Å². The lowest BCUT2D eigenvalue weighted by atomic mass is 10.2. The summed E-state index contributed by atoms with van der Waals surface area (Å²) in [4.78, 5) is 12.9. The van der Waals surface area contributed by atoms with Crippen molar-refractivity contribution in [3.8, 4) is 5.69 Å². The maximum Gasteiger partial charge on any atom is 0.265 e. The van der Waals surface area contributed by atoms with Crippen molar-refractivity contribution in [1.29, 1.82) is 0 Å². The summed E-state index contributed by atoms with van der Waals surface area (Å²) in [6, 6.07) is 9.08. The number of anilines is 1. The largest absolute Gasteiger partial charge is 0.319 e. The molecule has 0 saturated heterocycles. The second-order valence-electron chi connectivity index (χ2n) is 3.96. The molecule has 1 aromatic carbocycles. The second-order valence-corrected chi connectivity index (χ2v) is 7.18. The molecule has 0 fully saturated rings. The topological polar surface area (TPSA) is 72.7 Å². The Bertz CT molecular complexity index is 767. The van der Waals surface area contributed by atoms with E-state index in [9.17, 15) is 4.79 Å². The number of benzene rings is 1. The van der Waals surface area contributed by atoms with E-state index in [2.05, 4.69) is 52.7 Å². The van der Waals surface area contributed by atoms with Crippen LogP contribution in [0.1, 0.15) is 9.67 Å². The minimum Gasteiger partial charge on any atom is -0.319 e. The van der Waals surface area contributed by atoms with E-state index in [0.717, 1.165) is 8.26 Å². The molecule has 9 heteroatoms. The quantitative estimate of drug-likeness (QED) is 0.692. The number of thiophene rings is 1. The van der Waals surface area contributed by atoms with Crippen LogP contribution in [0.3, 0.4) is 0 Å². The summed E-state index contributed by atoms with van der Waals surface area (Å²) in [6.45, 7) is 0. The summed E-state index contributed by atoms with van der Waals surface area (Å²) >= 11 is 8.10. The van der Waals surface area contributed by atoms with Crippen molar-refractivity contribution in [3.05, 3.63) is 49.8 Å². The third-order valence-corrected chi connectivity index (χ3v) is 5.87. The fourth-order valence-corrected chi connectivity index (χ4v) is 3.62. The molecule has 0 aliphatic carbocycles. The number of nitrogens with zero attached hydrogens (tertiary/aromatic N) is 4. The first-order valence-corrected chi connectivity index (χ1v) is 8.14. The Morgan fingerprint density at radius 3 is 2.76 bits per heavy atom. The van der Waals surface area contributed by atoms with Crippen LogP contribution in [0.15, 0.2) is 44.9 Å². The molecule has 0 atom stereocenters. The van der Waals surface area contributed by atoms with Gasteiger partial charge in [0.1, 0.15) is 6.33 Å². The van der Waals surface area contributed by atoms with E-state index in [-0.39, 0.29) is 5.91 Å². The molecular weight excluding hydrogens is 422 g/mol. The Morgan fingerprint density at radius 2 is 2.10 bits per heavy atom. The van der Waals surface area contributed by atoms with Gasteiger partial charge in [-0.1, -0.05) is 12.1 Å². The van der Waals surface area contributed by atoms with E-state index in [1.807, 2.05) is 18.2 Å². The summed E-state index contributed by atoms with van der Waals surface area (Å²) in [5.41, 5.74) is 1.33. The molecule has 0 aliphatic heterocycles. The van der Waals surface area contributed by atoms with Crippen LogP contribution in [-0.2, 0) is 0 Å². The zero-order valence-corrected chi connectivity index (χ0v) is 14.3. The number of hydrogen-bond acceptors (Lipinski definition) is 5. The lowest BCUT2D eigenvalue weighted by Gasteiger charge is -2.09. The Kier molecular flexibility index (Phi) is 4.13. The van der Waals surface area contributed by atoms with Crippen molar-refractivity contribution in [3.63, 3.8) is 0 Å². The van der Waals surface area contributed by atoms with Crippen LogP contribution in [-0.4, -0.2) is 26.1 Å². The Balaban J connectivity index is 1.90. The molecule has 0 saturated carbocycles. The first kappa shape index (κ1) is 14.4. The van der Waals surface area contributed by atoms with Crippen molar-refractivity contribution >= 4 is 54.8 Å². The maximum absolute atomic E-state index is 12.3. The number of hydrogen-bond donors (Lipinski definition) is 1. The van der Waals surface area contributed by atoms with Gasteiger partial charge in [0.25, 0.3) is 5.91 Å². The smallest absolute Gasteiger partial charge is 0.265 e. The first-order valence-electron chi connectivity index (χ1n) is 5.74. The van der Waals surface area contributed by atoms with Gasteiger partial charge in [0.2, 0.25) is 0 Å². The van der Waals surface area contributed by atoms with Gasteiger partial charge in [0.15, 0.2) is 0 Å². The highest BCUT2D eigenvalue weighted by Crippen LogP contribution is 2.33. The summed E-state index contributed by atoms with van der Waals surface area (Å²) in [6.07, 6.45) is 1.48. The minimum atomic E-state index is -0.188. The van der Waals surface area contributed by atoms with Gasteiger partial charge in [-0.3, -0.25) is 4.79 Å². The first-order chi connectivity index (χ1) is 10.1. The molecule has 0 spiro atoms. The SMILES string of the molecule is O=C(Nc1ccccc1-n1cnnn1)c1cc(Br)c(Br)s1. The fourth-order valence-electron chi connectivity index (χ4n) is 1.69. The Morgan fingerprint density at radius 1 is 1.29 bits per heavy atom. The van der Waals surface area contributed by atoms with Gasteiger partial charge in [-0.15, -0.1) is 16.4 Å². The van der Waals surface area contributed by atoms with Crippen LogP contribution in [0.2, 0.25) is 0 Å². The van der Waals surface area contributed by atoms with Crippen molar-refractivity contribution in [2.75, 3.05) is 5.32 Å². The van der Waals surface area contributed by atoms with Gasteiger partial charge >= 0.3 is 0 Å². The molecule has 0 bridgehead atoms. The third kappa shape index (κ3) is 3.04. The molecule has 6 nitrogen and oxygen atoms in total. The number of carbonyl (C=O) groups is 1. The summed E-state index contributed by atoms with van der Waals surface area (Å²) in [5.74, 6) is -0.188. The van der Waals surface area contributed by atoms with Gasteiger partial charge < -0.3 is 5.32 Å². The maximum atomic E-state index is 12.3. The van der Waals surface area contributed by atoms with Crippen molar-refractivity contribution < 1.29 is 4.79 Å². The van der Waals surface area contributed by atoms with Crippen molar-refractivity contribution in [2.45, 2.75) is 0 Å². The van der Waals surface area contributed by atoms with Gasteiger partial charge in [-0.2, -0.15) is 4.68 Å². The number of halogens is 2. The summed E-state index contributed by atoms with van der Waals surface area (Å²) < 4.78 is 3.23. The zero-order valence-electron chi connectivity index (χ0n) is 10.3.